The van der Waals surface area contributed by atoms with Gasteiger partial charge in [0.2, 0.25) is 0 Å². The highest BCUT2D eigenvalue weighted by molar-refractivity contribution is 6.43. The Balaban J connectivity index is 1.41. The Morgan fingerprint density at radius 1 is 0.586 bits per heavy atom. The van der Waals surface area contributed by atoms with Gasteiger partial charge in [0.05, 0.1) is 11.4 Å². The van der Waals surface area contributed by atoms with E-state index in [0.717, 1.165) is 11.4 Å². The lowest BCUT2D eigenvalue weighted by atomic mass is 9.87. The average Bonchev–Trinajstić information content (AvgIpc) is 3.41. The molecule has 0 radical (unpaired) electrons. The van der Waals surface area contributed by atoms with Crippen molar-refractivity contribution in [3.63, 3.8) is 0 Å². The molecule has 2 aliphatic carbocycles. The maximum Gasteiger partial charge on any atom is 0.0794 e. The second-order valence-electron chi connectivity index (χ2n) is 7.99. The smallest absolute Gasteiger partial charge is 0.0794 e. The van der Waals surface area contributed by atoms with Crippen LogP contribution in [-0.2, 0) is 0 Å². The summed E-state index contributed by atoms with van der Waals surface area (Å²) in [7, 11) is 0. The largest absolute Gasteiger partial charge is 0.247 e. The van der Waals surface area contributed by atoms with E-state index in [1.807, 2.05) is 0 Å². The third-order valence-electron chi connectivity index (χ3n) is 6.48. The maximum atomic E-state index is 4.96. The number of benzene rings is 4. The van der Waals surface area contributed by atoms with Crippen LogP contribution in [0.25, 0.3) is 22.8 Å². The lowest BCUT2D eigenvalue weighted by Gasteiger charge is -2.15. The van der Waals surface area contributed by atoms with Crippen molar-refractivity contribution in [2.24, 2.45) is 4.99 Å². The highest BCUT2D eigenvalue weighted by atomic mass is 14.8. The molecule has 1 aliphatic heterocycles. The molecule has 0 spiro atoms. The van der Waals surface area contributed by atoms with Crippen LogP contribution in [0.1, 0.15) is 39.3 Å². The Hall–Kier alpha value is -3.71. The van der Waals surface area contributed by atoms with E-state index >= 15 is 0 Å². The summed E-state index contributed by atoms with van der Waals surface area (Å²) in [5, 5.41) is 0. The Labute approximate surface area is 169 Å². The molecule has 1 heteroatoms. The van der Waals surface area contributed by atoms with Crippen molar-refractivity contribution in [2.45, 2.75) is 5.92 Å². The minimum absolute atomic E-state index is 0.279. The van der Waals surface area contributed by atoms with E-state index in [2.05, 4.69) is 97.1 Å². The molecule has 7 rings (SSSR count). The molecule has 0 N–H and O–H groups in total. The fraction of sp³-hybridized carbons (Fsp3) is 0.0357. The molecular weight excluding hydrogens is 350 g/mol. The summed E-state index contributed by atoms with van der Waals surface area (Å²) in [5.74, 6) is 0.279. The van der Waals surface area contributed by atoms with Gasteiger partial charge in [-0.1, -0.05) is 78.9 Å². The van der Waals surface area contributed by atoms with Crippen molar-refractivity contribution in [3.05, 3.63) is 124 Å². The fourth-order valence-corrected chi connectivity index (χ4v) is 5.21. The molecule has 0 unspecified atom stereocenters. The first-order chi connectivity index (χ1) is 14.4. The average molecular weight is 367 g/mol. The van der Waals surface area contributed by atoms with E-state index in [9.17, 15) is 0 Å². The first-order valence-electron chi connectivity index (χ1n) is 10.1. The molecule has 0 bridgehead atoms. The number of rotatable bonds is 1. The van der Waals surface area contributed by atoms with E-state index in [0.29, 0.717) is 0 Å². The summed E-state index contributed by atoms with van der Waals surface area (Å²) in [6.45, 7) is 0. The van der Waals surface area contributed by atoms with E-state index in [1.165, 1.54) is 50.1 Å². The summed E-state index contributed by atoms with van der Waals surface area (Å²) >= 11 is 0. The second kappa shape index (κ2) is 5.42. The van der Waals surface area contributed by atoms with Crippen LogP contribution in [-0.4, -0.2) is 5.71 Å². The monoisotopic (exact) mass is 367 g/mol. The van der Waals surface area contributed by atoms with Gasteiger partial charge in [-0.25, -0.2) is 4.99 Å². The highest BCUT2D eigenvalue weighted by Gasteiger charge is 2.32. The zero-order chi connectivity index (χ0) is 18.9. The quantitative estimate of drug-likeness (QED) is 0.308. The Bertz CT molecular complexity index is 1360. The second-order valence-corrected chi connectivity index (χ2v) is 7.99. The summed E-state index contributed by atoms with van der Waals surface area (Å²) in [4.78, 5) is 4.96. The number of nitrogens with zero attached hydrogens (tertiary/aromatic N) is 1. The van der Waals surface area contributed by atoms with Crippen LogP contribution in [0.2, 0.25) is 0 Å². The minimum Gasteiger partial charge on any atom is -0.247 e. The van der Waals surface area contributed by atoms with Crippen LogP contribution in [0.5, 0.6) is 0 Å². The molecule has 3 aliphatic rings. The van der Waals surface area contributed by atoms with Gasteiger partial charge in [0.25, 0.3) is 0 Å². The normalized spacial score (nSPS) is 15.2. The van der Waals surface area contributed by atoms with Gasteiger partial charge >= 0.3 is 0 Å². The summed E-state index contributed by atoms with van der Waals surface area (Å²) < 4.78 is 0. The Morgan fingerprint density at radius 3 is 2.00 bits per heavy atom. The maximum absolute atomic E-state index is 4.96. The highest BCUT2D eigenvalue weighted by Crippen LogP contribution is 2.50. The van der Waals surface area contributed by atoms with Crippen molar-refractivity contribution in [3.8, 4) is 11.1 Å². The molecule has 29 heavy (non-hydrogen) atoms. The van der Waals surface area contributed by atoms with Gasteiger partial charge < -0.3 is 0 Å². The molecule has 0 saturated carbocycles. The third-order valence-corrected chi connectivity index (χ3v) is 6.48. The van der Waals surface area contributed by atoms with Gasteiger partial charge in [0, 0.05) is 22.6 Å². The molecule has 0 aromatic heterocycles. The summed E-state index contributed by atoms with van der Waals surface area (Å²) in [6.07, 6.45) is 2.29. The van der Waals surface area contributed by atoms with Gasteiger partial charge in [-0.2, -0.15) is 0 Å². The van der Waals surface area contributed by atoms with Crippen LogP contribution in [0, 0.1) is 0 Å². The lowest BCUT2D eigenvalue weighted by Crippen LogP contribution is -2.00. The molecule has 0 amide bonds. The topological polar surface area (TPSA) is 12.4 Å². The van der Waals surface area contributed by atoms with Crippen LogP contribution >= 0.6 is 0 Å². The van der Waals surface area contributed by atoms with Crippen molar-refractivity contribution in [1.29, 1.82) is 0 Å². The lowest BCUT2D eigenvalue weighted by molar-refractivity contribution is 1.01. The van der Waals surface area contributed by atoms with E-state index in [1.54, 1.807) is 0 Å². The third kappa shape index (κ3) is 1.97. The van der Waals surface area contributed by atoms with Crippen LogP contribution in [0.4, 0.5) is 5.69 Å². The van der Waals surface area contributed by atoms with Crippen molar-refractivity contribution in [2.75, 3.05) is 0 Å². The van der Waals surface area contributed by atoms with Gasteiger partial charge in [0.15, 0.2) is 0 Å². The fourth-order valence-electron chi connectivity index (χ4n) is 5.21. The number of hydrogen-bond donors (Lipinski definition) is 0. The van der Waals surface area contributed by atoms with Gasteiger partial charge in [-0.15, -0.1) is 0 Å². The standard InChI is InChI=1S/C28H17N/c1-2-8-19-17(7-1)15-25-24-16-18(13-14-26(24)29-28(19)25)27-22-11-5-3-9-20(22)21-10-4-6-12-23(21)27/h1-16,27H. The number of hydrogen-bond acceptors (Lipinski definition) is 1. The molecule has 0 fully saturated rings. The molecule has 134 valence electrons. The molecular formula is C28H17N. The Kier molecular flexibility index (Phi) is 2.85. The molecule has 4 aromatic carbocycles. The minimum atomic E-state index is 0.279. The SMILES string of the molecule is C1=C2C(=Nc3ccc(C4c5ccccc5-c5ccccc54)cc32)c2ccccc21. The predicted octanol–water partition coefficient (Wildman–Crippen LogP) is 6.84. The van der Waals surface area contributed by atoms with E-state index in [-0.39, 0.29) is 5.92 Å². The van der Waals surface area contributed by atoms with Crippen LogP contribution in [0.3, 0.4) is 0 Å². The molecule has 4 aromatic rings. The molecule has 0 saturated heterocycles. The van der Waals surface area contributed by atoms with Crippen molar-refractivity contribution < 1.29 is 0 Å². The number of aliphatic imine (C=N–C) groups is 1. The summed E-state index contributed by atoms with van der Waals surface area (Å²) in [6, 6.07) is 33.0. The van der Waals surface area contributed by atoms with Crippen molar-refractivity contribution in [1.82, 2.24) is 0 Å². The van der Waals surface area contributed by atoms with Gasteiger partial charge in [-0.3, -0.25) is 0 Å². The molecule has 1 heterocycles. The predicted molar refractivity (Wildman–Crippen MR) is 120 cm³/mol. The number of allylic oxidation sites excluding steroid dienone is 1. The molecule has 0 atom stereocenters. The first-order valence-corrected chi connectivity index (χ1v) is 10.1. The zero-order valence-corrected chi connectivity index (χ0v) is 15.8. The van der Waals surface area contributed by atoms with Gasteiger partial charge in [-0.05, 0) is 51.6 Å². The first kappa shape index (κ1) is 15.2. The van der Waals surface area contributed by atoms with Crippen LogP contribution < -0.4 is 0 Å². The zero-order valence-electron chi connectivity index (χ0n) is 15.8. The van der Waals surface area contributed by atoms with E-state index < -0.39 is 0 Å². The van der Waals surface area contributed by atoms with Crippen LogP contribution in [0.15, 0.2) is 96.0 Å². The van der Waals surface area contributed by atoms with Gasteiger partial charge in [0.1, 0.15) is 0 Å². The van der Waals surface area contributed by atoms with E-state index in [4.69, 9.17) is 4.99 Å². The number of fused-ring (bicyclic) bond motifs is 8. The van der Waals surface area contributed by atoms with Crippen molar-refractivity contribution >= 4 is 23.0 Å². The summed E-state index contributed by atoms with van der Waals surface area (Å²) in [5.41, 5.74) is 14.1. The molecule has 1 nitrogen and oxygen atoms in total. The Morgan fingerprint density at radius 2 is 1.24 bits per heavy atom.